The molecular weight excluding hydrogens is 260 g/mol. The van der Waals surface area contributed by atoms with Crippen LogP contribution in [0.2, 0.25) is 0 Å². The molecule has 4 heteroatoms. The molecule has 0 spiro atoms. The van der Waals surface area contributed by atoms with E-state index in [4.69, 9.17) is 4.18 Å². The van der Waals surface area contributed by atoms with Crippen LogP contribution in [0.5, 0.6) is 0 Å². The van der Waals surface area contributed by atoms with Crippen LogP contribution in [-0.4, -0.2) is 8.42 Å². The van der Waals surface area contributed by atoms with Gasteiger partial charge in [-0.25, -0.2) is 0 Å². The average Bonchev–Trinajstić information content (AvgIpc) is 2.59. The van der Waals surface area contributed by atoms with Crippen LogP contribution >= 0.6 is 0 Å². The summed E-state index contributed by atoms with van der Waals surface area (Å²) < 4.78 is 29.5. The molecule has 1 unspecified atom stereocenters. The fourth-order valence-corrected chi connectivity index (χ4v) is 4.08. The molecule has 0 radical (unpaired) electrons. The van der Waals surface area contributed by atoms with E-state index in [1.54, 1.807) is 12.1 Å². The monoisotopic (exact) mass is 274 g/mol. The molecule has 0 aromatic heterocycles. The summed E-state index contributed by atoms with van der Waals surface area (Å²) in [5.74, 6) is 0. The maximum absolute atomic E-state index is 12.0. The molecule has 0 saturated heterocycles. The van der Waals surface area contributed by atoms with Gasteiger partial charge in [-0.2, -0.15) is 8.42 Å². The van der Waals surface area contributed by atoms with Crippen LogP contribution in [0.25, 0.3) is 0 Å². The lowest BCUT2D eigenvalue weighted by molar-refractivity contribution is 0.110. The van der Waals surface area contributed by atoms with Crippen LogP contribution in [0.3, 0.4) is 0 Å². The summed E-state index contributed by atoms with van der Waals surface area (Å²) in [4.78, 5) is 0.286. The van der Waals surface area contributed by atoms with Crippen molar-refractivity contribution in [1.82, 2.24) is 0 Å². The Kier molecular flexibility index (Phi) is 2.73. The Morgan fingerprint density at radius 3 is 2.37 bits per heavy atom. The molecule has 0 amide bonds. The zero-order valence-corrected chi connectivity index (χ0v) is 11.4. The van der Waals surface area contributed by atoms with E-state index in [0.29, 0.717) is 6.42 Å². The van der Waals surface area contributed by atoms with Gasteiger partial charge in [0.2, 0.25) is 0 Å². The molecule has 3 nitrogen and oxygen atoms in total. The first-order valence-corrected chi connectivity index (χ1v) is 7.51. The second-order valence-corrected chi connectivity index (χ2v) is 6.44. The van der Waals surface area contributed by atoms with Gasteiger partial charge in [-0.15, -0.1) is 0 Å². The predicted octanol–water partition coefficient (Wildman–Crippen LogP) is 2.86. The topological polar surface area (TPSA) is 43.4 Å². The summed E-state index contributed by atoms with van der Waals surface area (Å²) in [5, 5.41) is 0. The minimum absolute atomic E-state index is 0.286. The zero-order valence-electron chi connectivity index (χ0n) is 10.5. The lowest BCUT2D eigenvalue weighted by atomic mass is 9.89. The Bertz CT molecular complexity index is 707. The summed E-state index contributed by atoms with van der Waals surface area (Å²) in [6, 6.07) is 16.7. The van der Waals surface area contributed by atoms with E-state index in [0.717, 1.165) is 11.1 Å². The Labute approximate surface area is 113 Å². The van der Waals surface area contributed by atoms with Gasteiger partial charge in [0, 0.05) is 12.0 Å². The first-order chi connectivity index (χ1) is 9.01. The first-order valence-electron chi connectivity index (χ1n) is 6.10. The van der Waals surface area contributed by atoms with E-state index < -0.39 is 15.7 Å². The van der Waals surface area contributed by atoms with Crippen LogP contribution in [0.1, 0.15) is 18.1 Å². The molecule has 0 aliphatic carbocycles. The molecule has 0 bridgehead atoms. The minimum Gasteiger partial charge on any atom is -0.255 e. The highest BCUT2D eigenvalue weighted by Gasteiger charge is 2.44. The quantitative estimate of drug-likeness (QED) is 0.791. The van der Waals surface area contributed by atoms with E-state index in [-0.39, 0.29) is 4.90 Å². The third-order valence-electron chi connectivity index (χ3n) is 3.40. The second kappa shape index (κ2) is 4.18. The third kappa shape index (κ3) is 2.07. The molecule has 0 N–H and O–H groups in total. The summed E-state index contributed by atoms with van der Waals surface area (Å²) in [5.41, 5.74) is 0.965. The fourth-order valence-electron chi connectivity index (χ4n) is 2.56. The summed E-state index contributed by atoms with van der Waals surface area (Å²) >= 11 is 0. The van der Waals surface area contributed by atoms with Crippen LogP contribution in [0.4, 0.5) is 0 Å². The number of fused-ring (bicyclic) bond motifs is 1. The van der Waals surface area contributed by atoms with Crippen molar-refractivity contribution in [3.63, 3.8) is 0 Å². The van der Waals surface area contributed by atoms with Gasteiger partial charge in [-0.1, -0.05) is 48.5 Å². The maximum Gasteiger partial charge on any atom is 0.298 e. The lowest BCUT2D eigenvalue weighted by Gasteiger charge is -2.22. The maximum atomic E-state index is 12.0. The van der Waals surface area contributed by atoms with Crippen LogP contribution in [0, 0.1) is 0 Å². The van der Waals surface area contributed by atoms with Gasteiger partial charge >= 0.3 is 0 Å². The third-order valence-corrected chi connectivity index (χ3v) is 4.89. The number of rotatable bonds is 2. The normalized spacial score (nSPS) is 24.1. The van der Waals surface area contributed by atoms with Gasteiger partial charge in [0.15, 0.2) is 0 Å². The summed E-state index contributed by atoms with van der Waals surface area (Å²) in [6.45, 7) is 1.82. The highest BCUT2D eigenvalue weighted by atomic mass is 32.2. The Hall–Kier alpha value is -1.65. The standard InChI is InChI=1S/C15H14O3S/c1-15(11-12-7-3-2-4-8-12)13-9-5-6-10-14(13)19(16,17)18-15/h2-10H,11H2,1H3. The van der Waals surface area contributed by atoms with Gasteiger partial charge in [-0.05, 0) is 18.6 Å². The molecule has 98 valence electrons. The van der Waals surface area contributed by atoms with Crippen molar-refractivity contribution >= 4 is 10.1 Å². The lowest BCUT2D eigenvalue weighted by Crippen LogP contribution is -2.24. The Morgan fingerprint density at radius 1 is 1.00 bits per heavy atom. The second-order valence-electron chi connectivity index (χ2n) is 4.93. The average molecular weight is 274 g/mol. The van der Waals surface area contributed by atoms with Crippen molar-refractivity contribution in [1.29, 1.82) is 0 Å². The SMILES string of the molecule is CC1(Cc2ccccc2)OS(=O)(=O)c2ccccc21. The molecular formula is C15H14O3S. The summed E-state index contributed by atoms with van der Waals surface area (Å²) in [7, 11) is -3.63. The Balaban J connectivity index is 2.07. The molecule has 1 atom stereocenters. The van der Waals surface area contributed by atoms with Crippen molar-refractivity contribution in [2.45, 2.75) is 23.8 Å². The van der Waals surface area contributed by atoms with Crippen molar-refractivity contribution in [3.8, 4) is 0 Å². The van der Waals surface area contributed by atoms with Gasteiger partial charge < -0.3 is 0 Å². The van der Waals surface area contributed by atoms with Crippen molar-refractivity contribution in [2.24, 2.45) is 0 Å². The van der Waals surface area contributed by atoms with Crippen molar-refractivity contribution < 1.29 is 12.6 Å². The van der Waals surface area contributed by atoms with E-state index >= 15 is 0 Å². The smallest absolute Gasteiger partial charge is 0.255 e. The molecule has 3 rings (SSSR count). The zero-order chi connectivity index (χ0) is 13.5. The molecule has 19 heavy (non-hydrogen) atoms. The molecule has 1 aliphatic rings. The Morgan fingerprint density at radius 2 is 1.63 bits per heavy atom. The van der Waals surface area contributed by atoms with Crippen molar-refractivity contribution in [3.05, 3.63) is 65.7 Å². The van der Waals surface area contributed by atoms with Crippen molar-refractivity contribution in [2.75, 3.05) is 0 Å². The molecule has 1 aliphatic heterocycles. The summed E-state index contributed by atoms with van der Waals surface area (Å²) in [6.07, 6.45) is 0.532. The van der Waals surface area contributed by atoms with Crippen LogP contribution in [0.15, 0.2) is 59.5 Å². The van der Waals surface area contributed by atoms with Gasteiger partial charge in [0.25, 0.3) is 10.1 Å². The fraction of sp³-hybridized carbons (Fsp3) is 0.200. The van der Waals surface area contributed by atoms with E-state index in [1.807, 2.05) is 49.4 Å². The van der Waals surface area contributed by atoms with E-state index in [2.05, 4.69) is 0 Å². The van der Waals surface area contributed by atoms with Crippen LogP contribution in [-0.2, 0) is 26.3 Å². The van der Waals surface area contributed by atoms with E-state index in [1.165, 1.54) is 0 Å². The minimum atomic E-state index is -3.63. The molecule has 0 fully saturated rings. The predicted molar refractivity (Wildman–Crippen MR) is 72.2 cm³/mol. The molecule has 0 saturated carbocycles. The van der Waals surface area contributed by atoms with Crippen LogP contribution < -0.4 is 0 Å². The number of benzene rings is 2. The van der Waals surface area contributed by atoms with Gasteiger partial charge in [-0.3, -0.25) is 4.18 Å². The highest BCUT2D eigenvalue weighted by molar-refractivity contribution is 7.87. The van der Waals surface area contributed by atoms with Gasteiger partial charge in [0.05, 0.1) is 0 Å². The molecule has 1 heterocycles. The first kappa shape index (κ1) is 12.4. The molecule has 2 aromatic carbocycles. The number of hydrogen-bond donors (Lipinski definition) is 0. The number of hydrogen-bond acceptors (Lipinski definition) is 3. The molecule has 2 aromatic rings. The largest absolute Gasteiger partial charge is 0.298 e. The van der Waals surface area contributed by atoms with E-state index in [9.17, 15) is 8.42 Å². The van der Waals surface area contributed by atoms with Gasteiger partial charge in [0.1, 0.15) is 10.5 Å². The highest BCUT2D eigenvalue weighted by Crippen LogP contribution is 2.42.